The molecule has 0 heterocycles. The van der Waals surface area contributed by atoms with Crippen molar-refractivity contribution in [1.82, 2.24) is 0 Å². The number of anilines is 1. The van der Waals surface area contributed by atoms with Gasteiger partial charge in [-0.1, -0.05) is 13.3 Å². The minimum Gasteiger partial charge on any atom is -0.496 e. The number of carbonyl (C=O) groups excluding carboxylic acids is 1. The highest BCUT2D eigenvalue weighted by molar-refractivity contribution is 5.90. The van der Waals surface area contributed by atoms with Gasteiger partial charge in [0.15, 0.2) is 0 Å². The van der Waals surface area contributed by atoms with Gasteiger partial charge in [0, 0.05) is 17.7 Å². The van der Waals surface area contributed by atoms with Crippen LogP contribution in [-0.4, -0.2) is 18.1 Å². The fourth-order valence-electron chi connectivity index (χ4n) is 1.54. The number of hydrogen-bond donors (Lipinski definition) is 2. The van der Waals surface area contributed by atoms with Gasteiger partial charge in [-0.25, -0.2) is 0 Å². The fourth-order valence-corrected chi connectivity index (χ4v) is 1.54. The molecule has 0 aromatic heterocycles. The zero-order chi connectivity index (χ0) is 12.7. The summed E-state index contributed by atoms with van der Waals surface area (Å²) in [6.45, 7) is 1.94. The highest BCUT2D eigenvalue weighted by Gasteiger charge is 2.06. The second-order valence-corrected chi connectivity index (χ2v) is 3.84. The Bertz CT molecular complexity index is 377. The molecule has 0 saturated carbocycles. The number of methoxy groups -OCH3 is 1. The second kappa shape index (κ2) is 6.91. The summed E-state index contributed by atoms with van der Waals surface area (Å²) >= 11 is 0. The van der Waals surface area contributed by atoms with E-state index in [1.807, 2.05) is 6.92 Å². The number of ether oxygens (including phenoxy) is 1. The van der Waals surface area contributed by atoms with E-state index in [-0.39, 0.29) is 12.5 Å². The van der Waals surface area contributed by atoms with Gasteiger partial charge in [0.25, 0.3) is 0 Å². The van der Waals surface area contributed by atoms with Crippen LogP contribution in [0.2, 0.25) is 0 Å². The molecule has 4 heteroatoms. The molecule has 0 aliphatic rings. The van der Waals surface area contributed by atoms with E-state index in [4.69, 9.17) is 9.84 Å². The normalized spacial score (nSPS) is 10.1. The Kier molecular flexibility index (Phi) is 5.49. The lowest BCUT2D eigenvalue weighted by Gasteiger charge is -2.09. The largest absolute Gasteiger partial charge is 0.496 e. The number of aliphatic hydroxyl groups is 1. The highest BCUT2D eigenvalue weighted by atomic mass is 16.5. The lowest BCUT2D eigenvalue weighted by atomic mass is 10.1. The average molecular weight is 237 g/mol. The molecular formula is C13H19NO3. The Morgan fingerprint density at radius 1 is 1.47 bits per heavy atom. The molecule has 0 aliphatic carbocycles. The maximum atomic E-state index is 11.5. The summed E-state index contributed by atoms with van der Waals surface area (Å²) in [5, 5.41) is 12.0. The molecule has 2 N–H and O–H groups in total. The van der Waals surface area contributed by atoms with E-state index >= 15 is 0 Å². The Hall–Kier alpha value is -1.55. The molecular weight excluding hydrogens is 218 g/mol. The molecule has 94 valence electrons. The van der Waals surface area contributed by atoms with Crippen molar-refractivity contribution < 1.29 is 14.6 Å². The van der Waals surface area contributed by atoms with Crippen LogP contribution in [0.4, 0.5) is 5.69 Å². The molecule has 0 saturated heterocycles. The molecule has 0 radical (unpaired) electrons. The summed E-state index contributed by atoms with van der Waals surface area (Å²) in [4.78, 5) is 11.5. The minimum atomic E-state index is -0.109. The first-order valence-electron chi connectivity index (χ1n) is 5.78. The Morgan fingerprint density at radius 2 is 2.24 bits per heavy atom. The third-order valence-corrected chi connectivity index (χ3v) is 2.49. The van der Waals surface area contributed by atoms with E-state index in [1.54, 1.807) is 25.3 Å². The van der Waals surface area contributed by atoms with Crippen LogP contribution in [0.5, 0.6) is 5.75 Å². The lowest BCUT2D eigenvalue weighted by molar-refractivity contribution is -0.116. The molecule has 1 amide bonds. The molecule has 1 aromatic rings. The van der Waals surface area contributed by atoms with E-state index < -0.39 is 0 Å². The van der Waals surface area contributed by atoms with Gasteiger partial charge >= 0.3 is 0 Å². The quantitative estimate of drug-likeness (QED) is 0.798. The van der Waals surface area contributed by atoms with Crippen molar-refractivity contribution in [3.05, 3.63) is 23.8 Å². The van der Waals surface area contributed by atoms with Crippen molar-refractivity contribution in [2.75, 3.05) is 12.4 Å². The number of nitrogens with one attached hydrogen (secondary N) is 1. The van der Waals surface area contributed by atoms with Crippen LogP contribution >= 0.6 is 0 Å². The smallest absolute Gasteiger partial charge is 0.224 e. The number of aliphatic hydroxyl groups excluding tert-OH is 1. The first kappa shape index (κ1) is 13.5. The Morgan fingerprint density at radius 3 is 2.82 bits per heavy atom. The highest BCUT2D eigenvalue weighted by Crippen LogP contribution is 2.22. The zero-order valence-electron chi connectivity index (χ0n) is 10.3. The molecule has 0 unspecified atom stereocenters. The van der Waals surface area contributed by atoms with Crippen molar-refractivity contribution in [2.45, 2.75) is 32.8 Å². The number of carbonyl (C=O) groups is 1. The van der Waals surface area contributed by atoms with Crippen LogP contribution in [0.25, 0.3) is 0 Å². The summed E-state index contributed by atoms with van der Waals surface area (Å²) in [5.74, 6) is 0.625. The predicted molar refractivity (Wildman–Crippen MR) is 67.1 cm³/mol. The molecule has 1 aromatic carbocycles. The molecule has 17 heavy (non-hydrogen) atoms. The predicted octanol–water partition coefficient (Wildman–Crippen LogP) is 2.32. The summed E-state index contributed by atoms with van der Waals surface area (Å²) in [5.41, 5.74) is 1.36. The molecule has 0 aliphatic heterocycles. The molecule has 1 rings (SSSR count). The molecule has 0 spiro atoms. The van der Waals surface area contributed by atoms with Gasteiger partial charge < -0.3 is 15.2 Å². The number of hydrogen-bond acceptors (Lipinski definition) is 3. The van der Waals surface area contributed by atoms with Crippen molar-refractivity contribution in [2.24, 2.45) is 0 Å². The monoisotopic (exact) mass is 237 g/mol. The minimum absolute atomic E-state index is 0.000839. The fraction of sp³-hybridized carbons (Fsp3) is 0.462. The third-order valence-electron chi connectivity index (χ3n) is 2.49. The van der Waals surface area contributed by atoms with Gasteiger partial charge in [-0.2, -0.15) is 0 Å². The van der Waals surface area contributed by atoms with Gasteiger partial charge in [0.2, 0.25) is 5.91 Å². The number of unbranched alkanes of at least 4 members (excludes halogenated alkanes) is 1. The van der Waals surface area contributed by atoms with Crippen LogP contribution in [0, 0.1) is 0 Å². The van der Waals surface area contributed by atoms with Crippen LogP contribution in [0.1, 0.15) is 31.7 Å². The Balaban J connectivity index is 2.68. The SMILES string of the molecule is CCCCC(=O)Nc1ccc(OC)c(CO)c1. The van der Waals surface area contributed by atoms with E-state index in [0.717, 1.165) is 12.8 Å². The van der Waals surface area contributed by atoms with E-state index in [9.17, 15) is 4.79 Å². The van der Waals surface area contributed by atoms with E-state index in [0.29, 0.717) is 23.4 Å². The van der Waals surface area contributed by atoms with Gasteiger partial charge in [0.05, 0.1) is 13.7 Å². The van der Waals surface area contributed by atoms with Gasteiger partial charge in [-0.15, -0.1) is 0 Å². The first-order chi connectivity index (χ1) is 8.21. The summed E-state index contributed by atoms with van der Waals surface area (Å²) in [6.07, 6.45) is 2.41. The lowest BCUT2D eigenvalue weighted by Crippen LogP contribution is -2.11. The molecule has 0 atom stereocenters. The third kappa shape index (κ3) is 4.07. The summed E-state index contributed by atoms with van der Waals surface area (Å²) < 4.78 is 5.09. The molecule has 4 nitrogen and oxygen atoms in total. The van der Waals surface area contributed by atoms with Gasteiger partial charge in [-0.3, -0.25) is 4.79 Å². The van der Waals surface area contributed by atoms with Crippen LogP contribution < -0.4 is 10.1 Å². The summed E-state index contributed by atoms with van der Waals surface area (Å²) in [6, 6.07) is 5.23. The number of benzene rings is 1. The van der Waals surface area contributed by atoms with Crippen molar-refractivity contribution in [3.63, 3.8) is 0 Å². The van der Waals surface area contributed by atoms with Gasteiger partial charge in [-0.05, 0) is 24.6 Å². The van der Waals surface area contributed by atoms with Crippen molar-refractivity contribution in [3.8, 4) is 5.75 Å². The standard InChI is InChI=1S/C13H19NO3/c1-3-4-5-13(16)14-11-6-7-12(17-2)10(8-11)9-15/h6-8,15H,3-5,9H2,1-2H3,(H,14,16). The number of amides is 1. The van der Waals surface area contributed by atoms with Gasteiger partial charge in [0.1, 0.15) is 5.75 Å². The van der Waals surface area contributed by atoms with Crippen LogP contribution in [-0.2, 0) is 11.4 Å². The maximum absolute atomic E-state index is 11.5. The second-order valence-electron chi connectivity index (χ2n) is 3.84. The van der Waals surface area contributed by atoms with E-state index in [2.05, 4.69) is 5.32 Å². The van der Waals surface area contributed by atoms with Crippen molar-refractivity contribution >= 4 is 11.6 Å². The topological polar surface area (TPSA) is 58.6 Å². The van der Waals surface area contributed by atoms with Crippen molar-refractivity contribution in [1.29, 1.82) is 0 Å². The Labute approximate surface area is 102 Å². The number of rotatable bonds is 6. The maximum Gasteiger partial charge on any atom is 0.224 e. The van der Waals surface area contributed by atoms with Crippen LogP contribution in [0.3, 0.4) is 0 Å². The zero-order valence-corrected chi connectivity index (χ0v) is 10.3. The molecule has 0 bridgehead atoms. The molecule has 0 fully saturated rings. The van der Waals surface area contributed by atoms with E-state index in [1.165, 1.54) is 0 Å². The average Bonchev–Trinajstić information content (AvgIpc) is 2.36. The summed E-state index contributed by atoms with van der Waals surface area (Å²) in [7, 11) is 1.55. The van der Waals surface area contributed by atoms with Crippen LogP contribution in [0.15, 0.2) is 18.2 Å². The first-order valence-corrected chi connectivity index (χ1v) is 5.78.